The summed E-state index contributed by atoms with van der Waals surface area (Å²) in [6.07, 6.45) is 6.28. The Balaban J connectivity index is 0.000000183. The highest BCUT2D eigenvalue weighted by atomic mass is 16.3. The molecule has 0 aliphatic rings. The Morgan fingerprint density at radius 1 is 0.938 bits per heavy atom. The lowest BCUT2D eigenvalue weighted by Crippen LogP contribution is -1.73. The Labute approximate surface area is 92.9 Å². The maximum Gasteiger partial charge on any atom is 0.180 e. The van der Waals surface area contributed by atoms with Gasteiger partial charge in [-0.3, -0.25) is 4.98 Å². The van der Waals surface area contributed by atoms with Crippen LogP contribution in [0.15, 0.2) is 65.9 Å². The number of fused-ring (bicyclic) bond motifs is 1. The number of hydrogen-bond donors (Lipinski definition) is 0. The Morgan fingerprint density at radius 2 is 1.75 bits per heavy atom. The molecule has 0 saturated heterocycles. The smallest absolute Gasteiger partial charge is 0.180 e. The van der Waals surface area contributed by atoms with Crippen LogP contribution in [-0.2, 0) is 0 Å². The summed E-state index contributed by atoms with van der Waals surface area (Å²) >= 11 is 0. The number of rotatable bonds is 0. The zero-order valence-corrected chi connectivity index (χ0v) is 8.58. The third-order valence-electron chi connectivity index (χ3n) is 1.86. The van der Waals surface area contributed by atoms with E-state index < -0.39 is 0 Å². The topological polar surface area (TPSA) is 70.4 Å². The van der Waals surface area contributed by atoms with Crippen molar-refractivity contribution in [1.82, 2.24) is 9.97 Å². The summed E-state index contributed by atoms with van der Waals surface area (Å²) in [4.78, 5) is 7.74. The van der Waals surface area contributed by atoms with Crippen molar-refractivity contribution in [3.05, 3.63) is 61.4 Å². The van der Waals surface area contributed by atoms with Crippen LogP contribution in [0.4, 0.5) is 0 Å². The minimum Gasteiger partial charge on any atom is -0.452 e. The first-order valence-electron chi connectivity index (χ1n) is 4.59. The lowest BCUT2D eigenvalue weighted by atomic mass is 10.2. The van der Waals surface area contributed by atoms with Crippen LogP contribution in [0, 0.1) is 0 Å². The summed E-state index contributed by atoms with van der Waals surface area (Å²) in [5.74, 6) is 0. The fourth-order valence-corrected chi connectivity index (χ4v) is 1.19. The van der Waals surface area contributed by atoms with Crippen molar-refractivity contribution in [2.45, 2.75) is 0 Å². The molecule has 0 bridgehead atoms. The zero-order chi connectivity index (χ0) is 10.3. The second-order valence-electron chi connectivity index (χ2n) is 2.87. The van der Waals surface area contributed by atoms with Crippen LogP contribution in [0.3, 0.4) is 0 Å². The molecule has 0 aliphatic heterocycles. The monoisotopic (exact) mass is 216 g/mol. The second kappa shape index (κ2) is 6.31. The lowest BCUT2D eigenvalue weighted by Gasteiger charge is -1.91. The van der Waals surface area contributed by atoms with Gasteiger partial charge in [-0.15, -0.1) is 0 Å². The molecule has 3 aromatic rings. The SMILES string of the molecule is O.c1ccc2ncccc2c1.c1cocn1. The van der Waals surface area contributed by atoms with E-state index >= 15 is 0 Å². The van der Waals surface area contributed by atoms with E-state index in [1.807, 2.05) is 30.5 Å². The van der Waals surface area contributed by atoms with Gasteiger partial charge in [-0.2, -0.15) is 0 Å². The predicted molar refractivity (Wildman–Crippen MR) is 61.9 cm³/mol. The van der Waals surface area contributed by atoms with Crippen molar-refractivity contribution in [2.75, 3.05) is 0 Å². The van der Waals surface area contributed by atoms with Crippen LogP contribution in [0.2, 0.25) is 0 Å². The first kappa shape index (κ1) is 11.9. The Kier molecular flexibility index (Phi) is 4.69. The first-order chi connectivity index (χ1) is 7.47. The highest BCUT2D eigenvalue weighted by Crippen LogP contribution is 2.07. The molecule has 4 heteroatoms. The van der Waals surface area contributed by atoms with Gasteiger partial charge in [-0.05, 0) is 12.1 Å². The Bertz CT molecular complexity index is 426. The Hall–Kier alpha value is -2.20. The molecule has 0 radical (unpaired) electrons. The van der Waals surface area contributed by atoms with Crippen molar-refractivity contribution >= 4 is 10.9 Å². The predicted octanol–water partition coefficient (Wildman–Crippen LogP) is 2.08. The number of oxazole rings is 1. The van der Waals surface area contributed by atoms with Gasteiger partial charge in [0.1, 0.15) is 6.26 Å². The van der Waals surface area contributed by atoms with Gasteiger partial charge in [0, 0.05) is 11.6 Å². The lowest BCUT2D eigenvalue weighted by molar-refractivity contribution is 0.558. The van der Waals surface area contributed by atoms with E-state index in [9.17, 15) is 0 Å². The fraction of sp³-hybridized carbons (Fsp3) is 0. The molecule has 2 heterocycles. The molecule has 0 atom stereocenters. The van der Waals surface area contributed by atoms with Crippen molar-refractivity contribution in [1.29, 1.82) is 0 Å². The van der Waals surface area contributed by atoms with Crippen LogP contribution in [0.25, 0.3) is 10.9 Å². The summed E-state index contributed by atoms with van der Waals surface area (Å²) in [6.45, 7) is 0. The maximum absolute atomic E-state index is 4.47. The average molecular weight is 216 g/mol. The molecule has 0 spiro atoms. The third kappa shape index (κ3) is 3.18. The number of nitrogens with zero attached hydrogens (tertiary/aromatic N) is 2. The number of benzene rings is 1. The summed E-state index contributed by atoms with van der Waals surface area (Å²) in [5, 5.41) is 1.20. The highest BCUT2D eigenvalue weighted by molar-refractivity contribution is 5.77. The van der Waals surface area contributed by atoms with Crippen molar-refractivity contribution < 1.29 is 9.89 Å². The largest absolute Gasteiger partial charge is 0.452 e. The van der Waals surface area contributed by atoms with E-state index in [0.29, 0.717) is 0 Å². The van der Waals surface area contributed by atoms with Gasteiger partial charge in [0.25, 0.3) is 0 Å². The molecule has 0 fully saturated rings. The van der Waals surface area contributed by atoms with Gasteiger partial charge in [0.2, 0.25) is 0 Å². The van der Waals surface area contributed by atoms with E-state index in [4.69, 9.17) is 0 Å². The number of pyridine rings is 1. The molecular weight excluding hydrogens is 204 g/mol. The number of aromatic nitrogens is 2. The molecular formula is C12H12N2O2. The van der Waals surface area contributed by atoms with Crippen molar-refractivity contribution in [2.24, 2.45) is 0 Å². The van der Waals surface area contributed by atoms with E-state index in [1.54, 1.807) is 6.20 Å². The van der Waals surface area contributed by atoms with E-state index in [-0.39, 0.29) is 5.48 Å². The number of para-hydroxylation sites is 1. The molecule has 2 aromatic heterocycles. The van der Waals surface area contributed by atoms with Crippen molar-refractivity contribution in [3.8, 4) is 0 Å². The fourth-order valence-electron chi connectivity index (χ4n) is 1.19. The standard InChI is InChI=1S/C9H7N.C3H3NO.H2O/c1-2-6-9-8(4-1)5-3-7-10-9;1-2-5-3-4-1;/h1-7H;1-3H;1H2. The van der Waals surface area contributed by atoms with Crippen LogP contribution < -0.4 is 0 Å². The van der Waals surface area contributed by atoms with Gasteiger partial charge < -0.3 is 9.89 Å². The molecule has 16 heavy (non-hydrogen) atoms. The first-order valence-corrected chi connectivity index (χ1v) is 4.59. The van der Waals surface area contributed by atoms with Crippen LogP contribution in [0.5, 0.6) is 0 Å². The molecule has 4 nitrogen and oxygen atoms in total. The van der Waals surface area contributed by atoms with Gasteiger partial charge in [0.15, 0.2) is 6.39 Å². The van der Waals surface area contributed by atoms with E-state index in [2.05, 4.69) is 26.5 Å². The maximum atomic E-state index is 4.47. The molecule has 82 valence electrons. The summed E-state index contributed by atoms with van der Waals surface area (Å²) in [5.41, 5.74) is 1.06. The molecule has 0 saturated carbocycles. The minimum atomic E-state index is 0. The molecule has 0 amide bonds. The van der Waals surface area contributed by atoms with Crippen molar-refractivity contribution in [3.63, 3.8) is 0 Å². The normalized spacial score (nSPS) is 8.75. The van der Waals surface area contributed by atoms with Crippen LogP contribution in [-0.4, -0.2) is 15.4 Å². The average Bonchev–Trinajstić information content (AvgIpc) is 2.88. The zero-order valence-electron chi connectivity index (χ0n) is 8.58. The third-order valence-corrected chi connectivity index (χ3v) is 1.86. The Morgan fingerprint density at radius 3 is 2.38 bits per heavy atom. The quantitative estimate of drug-likeness (QED) is 0.577. The number of hydrogen-bond acceptors (Lipinski definition) is 3. The van der Waals surface area contributed by atoms with Gasteiger partial charge >= 0.3 is 0 Å². The minimum absolute atomic E-state index is 0. The molecule has 1 aromatic carbocycles. The second-order valence-corrected chi connectivity index (χ2v) is 2.87. The molecule has 2 N–H and O–H groups in total. The van der Waals surface area contributed by atoms with E-state index in [0.717, 1.165) is 5.52 Å². The molecule has 3 rings (SSSR count). The van der Waals surface area contributed by atoms with Crippen LogP contribution >= 0.6 is 0 Å². The van der Waals surface area contributed by atoms with Gasteiger partial charge in [0.05, 0.1) is 11.7 Å². The van der Waals surface area contributed by atoms with E-state index in [1.165, 1.54) is 18.0 Å². The van der Waals surface area contributed by atoms with Crippen LogP contribution in [0.1, 0.15) is 0 Å². The van der Waals surface area contributed by atoms with Gasteiger partial charge in [-0.25, -0.2) is 4.98 Å². The highest BCUT2D eigenvalue weighted by Gasteiger charge is 1.86. The molecule has 0 unspecified atom stereocenters. The summed E-state index contributed by atoms with van der Waals surface area (Å²) < 4.78 is 4.47. The summed E-state index contributed by atoms with van der Waals surface area (Å²) in [6, 6.07) is 12.1. The summed E-state index contributed by atoms with van der Waals surface area (Å²) in [7, 11) is 0. The molecule has 0 aliphatic carbocycles. The van der Waals surface area contributed by atoms with Gasteiger partial charge in [-0.1, -0.05) is 24.3 Å².